The van der Waals surface area contributed by atoms with Crippen molar-refractivity contribution in [1.29, 1.82) is 0 Å². The van der Waals surface area contributed by atoms with E-state index in [1.165, 1.54) is 49.7 Å². The monoisotopic (exact) mass is 388 g/mol. The van der Waals surface area contributed by atoms with Gasteiger partial charge in [-0.3, -0.25) is 0 Å². The molecule has 0 spiro atoms. The Bertz CT molecular complexity index is 1270. The maximum atomic E-state index is 2.43. The predicted molar refractivity (Wildman–Crippen MR) is 130 cm³/mol. The van der Waals surface area contributed by atoms with Gasteiger partial charge in [-0.2, -0.15) is 0 Å². The molecule has 0 heterocycles. The van der Waals surface area contributed by atoms with E-state index in [1.807, 2.05) is 0 Å². The molecule has 0 bridgehead atoms. The van der Waals surface area contributed by atoms with Crippen molar-refractivity contribution >= 4 is 22.4 Å². The SMILES string of the molecule is Cc1c(C2C(c3ccccc3)=Cc3ccccc32)cc2ccccc2c1C(C)(C)C. The molecule has 148 valence electrons. The third-order valence-corrected chi connectivity index (χ3v) is 6.45. The summed E-state index contributed by atoms with van der Waals surface area (Å²) in [6, 6.07) is 31.0. The molecule has 1 unspecified atom stereocenters. The maximum absolute atomic E-state index is 2.43. The molecule has 0 fully saturated rings. The van der Waals surface area contributed by atoms with Gasteiger partial charge in [0.1, 0.15) is 0 Å². The highest BCUT2D eigenvalue weighted by molar-refractivity contribution is 5.96. The molecule has 0 aliphatic heterocycles. The smallest absolute Gasteiger partial charge is 0.0355 e. The molecule has 0 amide bonds. The van der Waals surface area contributed by atoms with Crippen LogP contribution in [0.2, 0.25) is 0 Å². The molecule has 0 saturated carbocycles. The Labute approximate surface area is 179 Å². The van der Waals surface area contributed by atoms with Gasteiger partial charge < -0.3 is 0 Å². The predicted octanol–water partition coefficient (Wildman–Crippen LogP) is 8.13. The minimum atomic E-state index is 0.0778. The van der Waals surface area contributed by atoms with E-state index >= 15 is 0 Å². The first kappa shape index (κ1) is 18.9. The van der Waals surface area contributed by atoms with Crippen molar-refractivity contribution in [2.45, 2.75) is 39.0 Å². The number of fused-ring (bicyclic) bond motifs is 2. The van der Waals surface area contributed by atoms with Crippen LogP contribution in [0.4, 0.5) is 0 Å². The maximum Gasteiger partial charge on any atom is 0.0355 e. The third-order valence-electron chi connectivity index (χ3n) is 6.45. The van der Waals surface area contributed by atoms with Gasteiger partial charge in [-0.15, -0.1) is 0 Å². The fraction of sp³-hybridized carbons (Fsp3) is 0.200. The Kier molecular flexibility index (Phi) is 4.40. The van der Waals surface area contributed by atoms with Crippen molar-refractivity contribution in [3.8, 4) is 0 Å². The number of hydrogen-bond donors (Lipinski definition) is 0. The minimum Gasteiger partial charge on any atom is -0.0622 e. The highest BCUT2D eigenvalue weighted by atomic mass is 14.3. The molecule has 0 heteroatoms. The van der Waals surface area contributed by atoms with Crippen molar-refractivity contribution in [3.63, 3.8) is 0 Å². The zero-order valence-electron chi connectivity index (χ0n) is 18.2. The highest BCUT2D eigenvalue weighted by Gasteiger charge is 2.31. The fourth-order valence-electron chi connectivity index (χ4n) is 5.28. The zero-order chi connectivity index (χ0) is 20.9. The largest absolute Gasteiger partial charge is 0.0622 e. The molecule has 0 N–H and O–H groups in total. The van der Waals surface area contributed by atoms with E-state index in [-0.39, 0.29) is 11.3 Å². The van der Waals surface area contributed by atoms with Crippen LogP contribution in [0.5, 0.6) is 0 Å². The average Bonchev–Trinajstić information content (AvgIpc) is 3.12. The topological polar surface area (TPSA) is 0 Å². The summed E-state index contributed by atoms with van der Waals surface area (Å²) in [4.78, 5) is 0. The number of allylic oxidation sites excluding steroid dienone is 1. The molecular formula is C30H28. The number of rotatable bonds is 2. The van der Waals surface area contributed by atoms with Crippen LogP contribution in [0.3, 0.4) is 0 Å². The Morgan fingerprint density at radius 1 is 0.700 bits per heavy atom. The lowest BCUT2D eigenvalue weighted by molar-refractivity contribution is 0.590. The Morgan fingerprint density at radius 2 is 1.37 bits per heavy atom. The van der Waals surface area contributed by atoms with Gasteiger partial charge in [0.15, 0.2) is 0 Å². The molecule has 30 heavy (non-hydrogen) atoms. The third kappa shape index (κ3) is 2.99. The van der Waals surface area contributed by atoms with Crippen LogP contribution < -0.4 is 0 Å². The van der Waals surface area contributed by atoms with Gasteiger partial charge >= 0.3 is 0 Å². The number of benzene rings is 4. The minimum absolute atomic E-state index is 0.0778. The molecule has 0 aromatic heterocycles. The van der Waals surface area contributed by atoms with E-state index in [9.17, 15) is 0 Å². The molecule has 0 saturated heterocycles. The summed E-state index contributed by atoms with van der Waals surface area (Å²) in [7, 11) is 0. The van der Waals surface area contributed by atoms with Crippen LogP contribution in [-0.4, -0.2) is 0 Å². The van der Waals surface area contributed by atoms with Crippen molar-refractivity contribution < 1.29 is 0 Å². The second-order valence-corrected chi connectivity index (χ2v) is 9.46. The first-order valence-corrected chi connectivity index (χ1v) is 10.8. The lowest BCUT2D eigenvalue weighted by Gasteiger charge is -2.29. The van der Waals surface area contributed by atoms with Crippen molar-refractivity contribution in [3.05, 3.63) is 118 Å². The molecule has 1 atom stereocenters. The van der Waals surface area contributed by atoms with Crippen LogP contribution >= 0.6 is 0 Å². The molecule has 0 radical (unpaired) electrons. The molecule has 1 aliphatic carbocycles. The van der Waals surface area contributed by atoms with E-state index in [0.717, 1.165) is 0 Å². The van der Waals surface area contributed by atoms with Gasteiger partial charge in [-0.1, -0.05) is 99.6 Å². The lowest BCUT2D eigenvalue weighted by Crippen LogP contribution is -2.16. The first-order valence-electron chi connectivity index (χ1n) is 10.8. The van der Waals surface area contributed by atoms with Gasteiger partial charge in [-0.25, -0.2) is 0 Å². The van der Waals surface area contributed by atoms with Gasteiger partial charge in [0.2, 0.25) is 0 Å². The summed E-state index contributed by atoms with van der Waals surface area (Å²) >= 11 is 0. The highest BCUT2D eigenvalue weighted by Crippen LogP contribution is 2.49. The fourth-order valence-corrected chi connectivity index (χ4v) is 5.28. The quantitative estimate of drug-likeness (QED) is 0.325. The molecule has 4 aromatic carbocycles. The van der Waals surface area contributed by atoms with Crippen LogP contribution in [0.25, 0.3) is 22.4 Å². The van der Waals surface area contributed by atoms with Crippen LogP contribution in [0, 0.1) is 6.92 Å². The summed E-state index contributed by atoms with van der Waals surface area (Å²) in [6.07, 6.45) is 2.39. The molecule has 0 nitrogen and oxygen atoms in total. The number of hydrogen-bond acceptors (Lipinski definition) is 0. The van der Waals surface area contributed by atoms with Gasteiger partial charge in [-0.05, 0) is 74.2 Å². The summed E-state index contributed by atoms with van der Waals surface area (Å²) in [5, 5.41) is 2.71. The molecule has 1 aliphatic rings. The summed E-state index contributed by atoms with van der Waals surface area (Å²) in [5.41, 5.74) is 9.85. The summed E-state index contributed by atoms with van der Waals surface area (Å²) < 4.78 is 0. The van der Waals surface area contributed by atoms with Crippen LogP contribution in [0.1, 0.15) is 60.1 Å². The van der Waals surface area contributed by atoms with Gasteiger partial charge in [0.25, 0.3) is 0 Å². The van der Waals surface area contributed by atoms with Crippen molar-refractivity contribution in [1.82, 2.24) is 0 Å². The normalized spacial score (nSPS) is 15.9. The Hall–Kier alpha value is -3.12. The standard InChI is InChI=1S/C30H28/c1-20-26(18-23-15-9-11-17-25(23)29(20)30(2,3)4)28-24-16-10-8-14-22(24)19-27(28)21-12-6-5-7-13-21/h5-19,28H,1-4H3. The van der Waals surface area contributed by atoms with E-state index in [1.54, 1.807) is 0 Å². The zero-order valence-corrected chi connectivity index (χ0v) is 18.2. The van der Waals surface area contributed by atoms with Gasteiger partial charge in [0.05, 0.1) is 0 Å². The van der Waals surface area contributed by atoms with E-state index in [4.69, 9.17) is 0 Å². The van der Waals surface area contributed by atoms with Crippen molar-refractivity contribution in [2.24, 2.45) is 0 Å². The van der Waals surface area contributed by atoms with E-state index in [2.05, 4.69) is 119 Å². The van der Waals surface area contributed by atoms with Crippen molar-refractivity contribution in [2.75, 3.05) is 0 Å². The van der Waals surface area contributed by atoms with Gasteiger partial charge in [0, 0.05) is 5.92 Å². The van der Waals surface area contributed by atoms with E-state index < -0.39 is 0 Å². The molecular weight excluding hydrogens is 360 g/mol. The first-order chi connectivity index (χ1) is 14.4. The molecule has 4 aromatic rings. The Balaban J connectivity index is 1.82. The summed E-state index contributed by atoms with van der Waals surface area (Å²) in [5.74, 6) is 0.259. The second kappa shape index (κ2) is 6.99. The molecule has 5 rings (SSSR count). The van der Waals surface area contributed by atoms with Crippen LogP contribution in [0.15, 0.2) is 84.9 Å². The second-order valence-electron chi connectivity index (χ2n) is 9.46. The average molecular weight is 389 g/mol. The Morgan fingerprint density at radius 3 is 2.13 bits per heavy atom. The van der Waals surface area contributed by atoms with Crippen LogP contribution in [-0.2, 0) is 5.41 Å². The lowest BCUT2D eigenvalue weighted by atomic mass is 9.75. The van der Waals surface area contributed by atoms with E-state index in [0.29, 0.717) is 0 Å². The summed E-state index contributed by atoms with van der Waals surface area (Å²) in [6.45, 7) is 9.33.